The van der Waals surface area contributed by atoms with Crippen LogP contribution in [0.15, 0.2) is 33.8 Å². The van der Waals surface area contributed by atoms with Crippen molar-refractivity contribution < 1.29 is 9.25 Å². The molecular weight excluding hydrogens is 306 g/mol. The Morgan fingerprint density at radius 2 is 2.08 bits per heavy atom. The maximum atomic E-state index is 5.83. The molecule has 24 heavy (non-hydrogen) atoms. The van der Waals surface area contributed by atoms with E-state index >= 15 is 0 Å². The molecule has 0 atom stereocenters. The van der Waals surface area contributed by atoms with Crippen molar-refractivity contribution in [2.24, 2.45) is 5.16 Å². The lowest BCUT2D eigenvalue weighted by molar-refractivity contribution is 0.118. The summed E-state index contributed by atoms with van der Waals surface area (Å²) in [6.07, 6.45) is 2.48. The van der Waals surface area contributed by atoms with Gasteiger partial charge in [0.05, 0.1) is 11.8 Å². The van der Waals surface area contributed by atoms with Gasteiger partial charge in [0.1, 0.15) is 11.3 Å². The lowest BCUT2D eigenvalue weighted by Gasteiger charge is -2.19. The highest BCUT2D eigenvalue weighted by atomic mass is 16.6. The van der Waals surface area contributed by atoms with Gasteiger partial charge in [-0.3, -0.25) is 0 Å². The van der Waals surface area contributed by atoms with Crippen molar-refractivity contribution in [1.29, 1.82) is 0 Å². The van der Waals surface area contributed by atoms with Crippen molar-refractivity contribution in [3.63, 3.8) is 0 Å². The highest BCUT2D eigenvalue weighted by molar-refractivity contribution is 5.99. The number of aromatic nitrogens is 4. The molecule has 0 saturated heterocycles. The predicted octanol–water partition coefficient (Wildman–Crippen LogP) is 3.29. The Hall–Kier alpha value is -2.70. The number of tetrazole rings is 1. The largest absolute Gasteiger partial charge is 0.460 e. The number of nitrogens with zero attached hydrogens (tertiary/aromatic N) is 5. The normalized spacial score (nSPS) is 12.3. The maximum absolute atomic E-state index is 5.83. The standard InChI is InChI=1S/C17H21N5O2/c1-5-14-13(12-8-6-7-9-15(12)24-14)10-18-23-11-16-19-20-21-22(16)17(2,3)4/h6-10H,5,11H2,1-4H3/b18-10+. The summed E-state index contributed by atoms with van der Waals surface area (Å²) in [7, 11) is 0. The molecule has 126 valence electrons. The van der Waals surface area contributed by atoms with Gasteiger partial charge in [0.15, 0.2) is 12.4 Å². The molecule has 1 aromatic carbocycles. The number of oxime groups is 1. The van der Waals surface area contributed by atoms with E-state index in [4.69, 9.17) is 9.25 Å². The summed E-state index contributed by atoms with van der Waals surface area (Å²) in [4.78, 5) is 5.40. The van der Waals surface area contributed by atoms with Gasteiger partial charge in [0.2, 0.25) is 0 Å². The molecule has 0 radical (unpaired) electrons. The van der Waals surface area contributed by atoms with E-state index < -0.39 is 0 Å². The molecule has 0 amide bonds. The summed E-state index contributed by atoms with van der Waals surface area (Å²) >= 11 is 0. The smallest absolute Gasteiger partial charge is 0.192 e. The van der Waals surface area contributed by atoms with Crippen LogP contribution in [0.4, 0.5) is 0 Å². The average Bonchev–Trinajstić information content (AvgIpc) is 3.15. The van der Waals surface area contributed by atoms with Crippen LogP contribution >= 0.6 is 0 Å². The van der Waals surface area contributed by atoms with Gasteiger partial charge in [0.25, 0.3) is 0 Å². The van der Waals surface area contributed by atoms with E-state index in [1.807, 2.05) is 52.0 Å². The fourth-order valence-electron chi connectivity index (χ4n) is 2.52. The molecule has 0 saturated carbocycles. The van der Waals surface area contributed by atoms with Gasteiger partial charge >= 0.3 is 0 Å². The highest BCUT2D eigenvalue weighted by Crippen LogP contribution is 2.24. The fraction of sp³-hybridized carbons (Fsp3) is 0.412. The summed E-state index contributed by atoms with van der Waals surface area (Å²) in [5, 5.41) is 16.8. The van der Waals surface area contributed by atoms with Gasteiger partial charge in [-0.25, -0.2) is 4.68 Å². The maximum Gasteiger partial charge on any atom is 0.192 e. The van der Waals surface area contributed by atoms with Crippen LogP contribution in [0.25, 0.3) is 11.0 Å². The van der Waals surface area contributed by atoms with Crippen LogP contribution < -0.4 is 0 Å². The van der Waals surface area contributed by atoms with Crippen molar-refractivity contribution in [2.45, 2.75) is 46.3 Å². The second-order valence-electron chi connectivity index (χ2n) is 6.47. The number of para-hydroxylation sites is 1. The monoisotopic (exact) mass is 327 g/mol. The van der Waals surface area contributed by atoms with Crippen molar-refractivity contribution >= 4 is 17.2 Å². The Morgan fingerprint density at radius 3 is 2.83 bits per heavy atom. The Bertz CT molecular complexity index is 857. The van der Waals surface area contributed by atoms with Gasteiger partial charge in [-0.05, 0) is 37.3 Å². The van der Waals surface area contributed by atoms with Gasteiger partial charge in [-0.1, -0.05) is 30.3 Å². The molecule has 2 aromatic heterocycles. The number of rotatable bonds is 5. The molecule has 3 rings (SSSR count). The molecule has 0 N–H and O–H groups in total. The van der Waals surface area contributed by atoms with Crippen LogP contribution in [0.2, 0.25) is 0 Å². The van der Waals surface area contributed by atoms with Crippen LogP contribution in [-0.2, 0) is 23.4 Å². The highest BCUT2D eigenvalue weighted by Gasteiger charge is 2.19. The summed E-state index contributed by atoms with van der Waals surface area (Å²) in [6, 6.07) is 7.89. The van der Waals surface area contributed by atoms with E-state index in [1.165, 1.54) is 0 Å². The zero-order valence-corrected chi connectivity index (χ0v) is 14.4. The van der Waals surface area contributed by atoms with Gasteiger partial charge in [-0.15, -0.1) is 5.10 Å². The molecular formula is C17H21N5O2. The first-order valence-electron chi connectivity index (χ1n) is 7.94. The van der Waals surface area contributed by atoms with Gasteiger partial charge in [-0.2, -0.15) is 0 Å². The third-order valence-corrected chi connectivity index (χ3v) is 3.65. The van der Waals surface area contributed by atoms with E-state index in [0.717, 1.165) is 28.7 Å². The summed E-state index contributed by atoms with van der Waals surface area (Å²) < 4.78 is 7.56. The second kappa shape index (κ2) is 6.43. The molecule has 0 aliphatic carbocycles. The minimum Gasteiger partial charge on any atom is -0.460 e. The zero-order chi connectivity index (χ0) is 17.2. The molecule has 0 bridgehead atoms. The molecule has 0 spiro atoms. The Kier molecular flexibility index (Phi) is 4.33. The first-order valence-corrected chi connectivity index (χ1v) is 7.94. The number of aryl methyl sites for hydroxylation is 1. The van der Waals surface area contributed by atoms with Crippen molar-refractivity contribution in [2.75, 3.05) is 0 Å². The molecule has 0 fully saturated rings. The van der Waals surface area contributed by atoms with E-state index in [-0.39, 0.29) is 12.1 Å². The third kappa shape index (κ3) is 3.15. The minimum absolute atomic E-state index is 0.206. The SMILES string of the molecule is CCc1oc2ccccc2c1/C=N/OCc1nnnn1C(C)(C)C. The zero-order valence-electron chi connectivity index (χ0n) is 14.4. The molecule has 7 heteroatoms. The molecule has 0 aliphatic rings. The Morgan fingerprint density at radius 1 is 1.29 bits per heavy atom. The summed E-state index contributed by atoms with van der Waals surface area (Å²) in [6.45, 7) is 8.34. The number of hydrogen-bond donors (Lipinski definition) is 0. The summed E-state index contributed by atoms with van der Waals surface area (Å²) in [5.74, 6) is 1.52. The lowest BCUT2D eigenvalue weighted by atomic mass is 10.1. The molecule has 2 heterocycles. The van der Waals surface area contributed by atoms with Crippen LogP contribution in [0.3, 0.4) is 0 Å². The molecule has 7 nitrogen and oxygen atoms in total. The summed E-state index contributed by atoms with van der Waals surface area (Å²) in [5.41, 5.74) is 1.60. The van der Waals surface area contributed by atoms with Crippen LogP contribution in [-0.4, -0.2) is 26.4 Å². The number of fused-ring (bicyclic) bond motifs is 1. The fourth-order valence-corrected chi connectivity index (χ4v) is 2.52. The van der Waals surface area contributed by atoms with Crippen LogP contribution in [0.5, 0.6) is 0 Å². The first kappa shape index (κ1) is 16.2. The number of hydrogen-bond acceptors (Lipinski definition) is 6. The number of furan rings is 1. The molecule has 0 aliphatic heterocycles. The van der Waals surface area contributed by atoms with E-state index in [1.54, 1.807) is 10.9 Å². The average molecular weight is 327 g/mol. The lowest BCUT2D eigenvalue weighted by Crippen LogP contribution is -2.25. The van der Waals surface area contributed by atoms with Crippen molar-refractivity contribution in [1.82, 2.24) is 20.2 Å². The van der Waals surface area contributed by atoms with Gasteiger partial charge in [0, 0.05) is 17.4 Å². The minimum atomic E-state index is -0.206. The van der Waals surface area contributed by atoms with Crippen LogP contribution in [0.1, 0.15) is 44.8 Å². The number of benzene rings is 1. The Balaban J connectivity index is 1.75. The Labute approximate surface area is 140 Å². The van der Waals surface area contributed by atoms with Crippen molar-refractivity contribution in [3.8, 4) is 0 Å². The second-order valence-corrected chi connectivity index (χ2v) is 6.47. The molecule has 0 unspecified atom stereocenters. The van der Waals surface area contributed by atoms with E-state index in [9.17, 15) is 0 Å². The molecule has 3 aromatic rings. The van der Waals surface area contributed by atoms with E-state index in [2.05, 4.69) is 20.7 Å². The van der Waals surface area contributed by atoms with Gasteiger partial charge < -0.3 is 9.25 Å². The topological polar surface area (TPSA) is 78.3 Å². The predicted molar refractivity (Wildman–Crippen MR) is 90.8 cm³/mol. The van der Waals surface area contributed by atoms with E-state index in [0.29, 0.717) is 5.82 Å². The first-order chi connectivity index (χ1) is 11.5. The van der Waals surface area contributed by atoms with Crippen molar-refractivity contribution in [3.05, 3.63) is 41.4 Å². The third-order valence-electron chi connectivity index (χ3n) is 3.65. The van der Waals surface area contributed by atoms with Crippen LogP contribution in [0, 0.1) is 0 Å². The quantitative estimate of drug-likeness (QED) is 0.531.